The van der Waals surface area contributed by atoms with Gasteiger partial charge >= 0.3 is 0 Å². The van der Waals surface area contributed by atoms with Crippen LogP contribution in [-0.2, 0) is 6.42 Å². The maximum Gasteiger partial charge on any atom is 0.177 e. The number of aromatic amines is 1. The Bertz CT molecular complexity index is 619. The minimum atomic E-state index is 0.773. The van der Waals surface area contributed by atoms with Crippen molar-refractivity contribution in [3.63, 3.8) is 0 Å². The highest BCUT2D eigenvalue weighted by Gasteiger charge is 2.06. The SMILES string of the molecule is Brc1cnc2nc(CCNC3=NCCCCC3)[nH]c2c1. The summed E-state index contributed by atoms with van der Waals surface area (Å²) in [5, 5.41) is 3.43. The van der Waals surface area contributed by atoms with Crippen LogP contribution < -0.4 is 5.32 Å². The van der Waals surface area contributed by atoms with E-state index in [0.29, 0.717) is 0 Å². The van der Waals surface area contributed by atoms with E-state index >= 15 is 0 Å². The quantitative estimate of drug-likeness (QED) is 0.906. The number of H-pyrrole nitrogens is 1. The van der Waals surface area contributed by atoms with Crippen LogP contribution in [0.1, 0.15) is 31.5 Å². The molecule has 6 heteroatoms. The van der Waals surface area contributed by atoms with Gasteiger partial charge in [-0.1, -0.05) is 6.42 Å². The van der Waals surface area contributed by atoms with Gasteiger partial charge in [0.1, 0.15) is 5.82 Å². The molecule has 20 heavy (non-hydrogen) atoms. The fourth-order valence-corrected chi connectivity index (χ4v) is 2.72. The van der Waals surface area contributed by atoms with Crippen molar-refractivity contribution in [3.05, 3.63) is 22.6 Å². The van der Waals surface area contributed by atoms with E-state index in [1.807, 2.05) is 6.07 Å². The van der Waals surface area contributed by atoms with Crippen LogP contribution in [0.2, 0.25) is 0 Å². The maximum absolute atomic E-state index is 4.57. The van der Waals surface area contributed by atoms with Crippen molar-refractivity contribution in [3.8, 4) is 0 Å². The number of fused-ring (bicyclic) bond motifs is 1. The van der Waals surface area contributed by atoms with Gasteiger partial charge in [-0.3, -0.25) is 4.99 Å². The van der Waals surface area contributed by atoms with E-state index < -0.39 is 0 Å². The highest BCUT2D eigenvalue weighted by atomic mass is 79.9. The summed E-state index contributed by atoms with van der Waals surface area (Å²) in [6, 6.07) is 2.00. The smallest absolute Gasteiger partial charge is 0.177 e. The monoisotopic (exact) mass is 335 g/mol. The number of hydrogen-bond acceptors (Lipinski definition) is 4. The Labute approximate surface area is 126 Å². The van der Waals surface area contributed by atoms with Crippen molar-refractivity contribution in [1.29, 1.82) is 0 Å². The van der Waals surface area contributed by atoms with E-state index in [1.165, 1.54) is 19.3 Å². The molecule has 5 nitrogen and oxygen atoms in total. The van der Waals surface area contributed by atoms with Gasteiger partial charge in [0, 0.05) is 36.6 Å². The first-order valence-corrected chi connectivity index (χ1v) is 7.88. The normalized spacial score (nSPS) is 15.9. The first kappa shape index (κ1) is 13.5. The number of amidine groups is 1. The Hall–Kier alpha value is -1.43. The molecule has 3 heterocycles. The molecular formula is C14H18BrN5. The van der Waals surface area contributed by atoms with Crippen LogP contribution in [0.4, 0.5) is 0 Å². The standard InChI is InChI=1S/C14H18BrN5/c15-10-8-11-14(18-9-10)20-13(19-11)5-7-17-12-4-2-1-3-6-16-12/h8-9H,1-7H2,(H,16,17)(H,18,19,20). The summed E-state index contributed by atoms with van der Waals surface area (Å²) in [5.41, 5.74) is 1.75. The van der Waals surface area contributed by atoms with E-state index in [2.05, 4.69) is 41.2 Å². The molecule has 0 aliphatic carbocycles. The van der Waals surface area contributed by atoms with Gasteiger partial charge in [-0.2, -0.15) is 0 Å². The molecule has 3 rings (SSSR count). The highest BCUT2D eigenvalue weighted by Crippen LogP contribution is 2.15. The summed E-state index contributed by atoms with van der Waals surface area (Å²) in [5.74, 6) is 2.12. The second kappa shape index (κ2) is 6.35. The predicted molar refractivity (Wildman–Crippen MR) is 84.1 cm³/mol. The number of pyridine rings is 1. The lowest BCUT2D eigenvalue weighted by Crippen LogP contribution is -2.25. The van der Waals surface area contributed by atoms with Crippen LogP contribution in [0.15, 0.2) is 21.7 Å². The second-order valence-corrected chi connectivity index (χ2v) is 5.94. The number of hydrogen-bond donors (Lipinski definition) is 2. The summed E-state index contributed by atoms with van der Waals surface area (Å²) in [7, 11) is 0. The minimum Gasteiger partial charge on any atom is -0.373 e. The van der Waals surface area contributed by atoms with Gasteiger partial charge in [0.2, 0.25) is 0 Å². The average Bonchev–Trinajstić information content (AvgIpc) is 2.66. The van der Waals surface area contributed by atoms with Crippen LogP contribution in [-0.4, -0.2) is 33.9 Å². The summed E-state index contributed by atoms with van der Waals surface area (Å²) < 4.78 is 0.964. The third kappa shape index (κ3) is 3.36. The van der Waals surface area contributed by atoms with Crippen LogP contribution in [0, 0.1) is 0 Å². The van der Waals surface area contributed by atoms with Gasteiger partial charge in [0.15, 0.2) is 5.65 Å². The lowest BCUT2D eigenvalue weighted by Gasteiger charge is -2.06. The highest BCUT2D eigenvalue weighted by molar-refractivity contribution is 9.10. The van der Waals surface area contributed by atoms with E-state index in [0.717, 1.165) is 53.2 Å². The zero-order valence-electron chi connectivity index (χ0n) is 11.3. The van der Waals surface area contributed by atoms with Gasteiger partial charge in [-0.05, 0) is 34.8 Å². The first-order chi connectivity index (χ1) is 9.81. The number of aromatic nitrogens is 3. The van der Waals surface area contributed by atoms with Crippen LogP contribution in [0.25, 0.3) is 11.2 Å². The summed E-state index contributed by atoms with van der Waals surface area (Å²) in [4.78, 5) is 16.6. The van der Waals surface area contributed by atoms with Crippen LogP contribution in [0.3, 0.4) is 0 Å². The number of nitrogens with zero attached hydrogens (tertiary/aromatic N) is 3. The third-order valence-electron chi connectivity index (χ3n) is 3.42. The van der Waals surface area contributed by atoms with E-state index in [4.69, 9.17) is 0 Å². The fraction of sp³-hybridized carbons (Fsp3) is 0.500. The van der Waals surface area contributed by atoms with Gasteiger partial charge in [-0.15, -0.1) is 0 Å². The molecule has 0 bridgehead atoms. The van der Waals surface area contributed by atoms with Crippen LogP contribution >= 0.6 is 15.9 Å². The molecule has 106 valence electrons. The average molecular weight is 336 g/mol. The number of halogens is 1. The molecule has 0 saturated heterocycles. The van der Waals surface area contributed by atoms with Crippen molar-refractivity contribution in [2.75, 3.05) is 13.1 Å². The van der Waals surface area contributed by atoms with Crippen molar-refractivity contribution >= 4 is 32.9 Å². The van der Waals surface area contributed by atoms with Crippen molar-refractivity contribution in [2.24, 2.45) is 4.99 Å². The van der Waals surface area contributed by atoms with E-state index in [9.17, 15) is 0 Å². The lowest BCUT2D eigenvalue weighted by molar-refractivity contribution is 0.727. The molecule has 0 saturated carbocycles. The number of rotatable bonds is 3. The fourth-order valence-electron chi connectivity index (χ4n) is 2.39. The molecule has 2 N–H and O–H groups in total. The Kier molecular flexibility index (Phi) is 4.30. The zero-order chi connectivity index (χ0) is 13.8. The molecule has 0 fully saturated rings. The molecular weight excluding hydrogens is 318 g/mol. The zero-order valence-corrected chi connectivity index (χ0v) is 12.9. The summed E-state index contributed by atoms with van der Waals surface area (Å²) in [6.07, 6.45) is 7.45. The first-order valence-electron chi connectivity index (χ1n) is 7.08. The molecule has 2 aromatic rings. The van der Waals surface area contributed by atoms with E-state index in [-0.39, 0.29) is 0 Å². The number of aliphatic imine (C=N–C) groups is 1. The third-order valence-corrected chi connectivity index (χ3v) is 3.85. The largest absolute Gasteiger partial charge is 0.373 e. The van der Waals surface area contributed by atoms with Crippen molar-refractivity contribution in [1.82, 2.24) is 20.3 Å². The Balaban J connectivity index is 1.58. The molecule has 0 spiro atoms. The minimum absolute atomic E-state index is 0.773. The topological polar surface area (TPSA) is 66.0 Å². The lowest BCUT2D eigenvalue weighted by atomic mass is 10.2. The molecule has 1 aliphatic heterocycles. The van der Waals surface area contributed by atoms with Gasteiger partial charge in [-0.25, -0.2) is 9.97 Å². The van der Waals surface area contributed by atoms with Gasteiger partial charge in [0.25, 0.3) is 0 Å². The molecule has 0 radical (unpaired) electrons. The summed E-state index contributed by atoms with van der Waals surface area (Å²) >= 11 is 3.42. The molecule has 0 amide bonds. The van der Waals surface area contributed by atoms with E-state index in [1.54, 1.807) is 6.20 Å². The van der Waals surface area contributed by atoms with Crippen molar-refractivity contribution in [2.45, 2.75) is 32.1 Å². The molecule has 0 atom stereocenters. The molecule has 0 unspecified atom stereocenters. The molecule has 0 aromatic carbocycles. The Morgan fingerprint density at radius 2 is 2.25 bits per heavy atom. The predicted octanol–water partition coefficient (Wildman–Crippen LogP) is 2.83. The Morgan fingerprint density at radius 1 is 1.30 bits per heavy atom. The number of imidazole rings is 1. The molecule has 1 aliphatic rings. The second-order valence-electron chi connectivity index (χ2n) is 5.02. The maximum atomic E-state index is 4.57. The molecule has 2 aromatic heterocycles. The number of nitrogens with one attached hydrogen (secondary N) is 2. The van der Waals surface area contributed by atoms with Gasteiger partial charge < -0.3 is 10.3 Å². The Morgan fingerprint density at radius 3 is 3.20 bits per heavy atom. The summed E-state index contributed by atoms with van der Waals surface area (Å²) in [6.45, 7) is 1.82. The van der Waals surface area contributed by atoms with Gasteiger partial charge in [0.05, 0.1) is 11.4 Å². The van der Waals surface area contributed by atoms with Crippen molar-refractivity contribution < 1.29 is 0 Å². The van der Waals surface area contributed by atoms with Crippen LogP contribution in [0.5, 0.6) is 0 Å².